The molecule has 4 rings (SSSR count). The molecular weight excluding hydrogens is 466 g/mol. The van der Waals surface area contributed by atoms with Gasteiger partial charge in [-0.15, -0.1) is 0 Å². The largest absolute Gasteiger partial charge is 0.369 e. The first-order valence-electron chi connectivity index (χ1n) is 12.0. The van der Waals surface area contributed by atoms with E-state index < -0.39 is 6.04 Å². The number of hydrogen-bond donors (Lipinski definition) is 2. The lowest BCUT2D eigenvalue weighted by Crippen LogP contribution is -2.60. The molecule has 2 aliphatic rings. The predicted molar refractivity (Wildman–Crippen MR) is 138 cm³/mol. The van der Waals surface area contributed by atoms with Crippen molar-refractivity contribution in [3.8, 4) is 0 Å². The molecule has 2 aromatic carbocycles. The van der Waals surface area contributed by atoms with Crippen LogP contribution >= 0.6 is 11.6 Å². The minimum Gasteiger partial charge on any atom is -0.369 e. The molecule has 0 unspecified atom stereocenters. The first-order chi connectivity index (χ1) is 16.8. The van der Waals surface area contributed by atoms with Crippen molar-refractivity contribution in [2.45, 2.75) is 26.3 Å². The minimum absolute atomic E-state index is 0.0760. The number of benzene rings is 2. The van der Waals surface area contributed by atoms with E-state index in [9.17, 15) is 14.4 Å². The Bertz CT molecular complexity index is 1100. The SMILES string of the molecule is Cc1ccc(NC(=O)C[C@H]2C(=O)NCCN2C(=O)CN2CCN(c3cccc(Cl)c3)CC2)c(C)c1. The van der Waals surface area contributed by atoms with Gasteiger partial charge in [0.2, 0.25) is 17.7 Å². The highest BCUT2D eigenvalue weighted by Gasteiger charge is 2.35. The summed E-state index contributed by atoms with van der Waals surface area (Å²) in [5, 5.41) is 6.39. The van der Waals surface area contributed by atoms with Gasteiger partial charge in [-0.1, -0.05) is 35.4 Å². The molecule has 0 aromatic heterocycles. The molecule has 9 heteroatoms. The van der Waals surface area contributed by atoms with E-state index in [1.807, 2.05) is 56.3 Å². The Labute approximate surface area is 211 Å². The van der Waals surface area contributed by atoms with Crippen molar-refractivity contribution in [2.24, 2.45) is 0 Å². The first-order valence-corrected chi connectivity index (χ1v) is 12.3. The maximum Gasteiger partial charge on any atom is 0.243 e. The van der Waals surface area contributed by atoms with Crippen LogP contribution in [0.5, 0.6) is 0 Å². The number of halogens is 1. The lowest BCUT2D eigenvalue weighted by atomic mass is 10.1. The van der Waals surface area contributed by atoms with E-state index in [0.29, 0.717) is 23.8 Å². The molecular formula is C26H32ClN5O3. The Hall–Kier alpha value is -3.10. The Morgan fingerprint density at radius 1 is 1.06 bits per heavy atom. The van der Waals surface area contributed by atoms with Crippen LogP contribution in [-0.2, 0) is 14.4 Å². The van der Waals surface area contributed by atoms with Crippen LogP contribution in [0.2, 0.25) is 5.02 Å². The van der Waals surface area contributed by atoms with Gasteiger partial charge in [0.05, 0.1) is 13.0 Å². The smallest absolute Gasteiger partial charge is 0.243 e. The topological polar surface area (TPSA) is 85.0 Å². The number of rotatable bonds is 6. The summed E-state index contributed by atoms with van der Waals surface area (Å²) < 4.78 is 0. The van der Waals surface area contributed by atoms with E-state index >= 15 is 0 Å². The van der Waals surface area contributed by atoms with Crippen molar-refractivity contribution >= 4 is 40.7 Å². The van der Waals surface area contributed by atoms with Gasteiger partial charge < -0.3 is 20.4 Å². The molecule has 0 aliphatic carbocycles. The molecule has 1 atom stereocenters. The van der Waals surface area contributed by atoms with E-state index in [0.717, 1.165) is 43.0 Å². The average Bonchev–Trinajstić information content (AvgIpc) is 2.82. The molecule has 35 heavy (non-hydrogen) atoms. The Morgan fingerprint density at radius 3 is 2.54 bits per heavy atom. The number of nitrogens with one attached hydrogen (secondary N) is 2. The molecule has 2 aromatic rings. The summed E-state index contributed by atoms with van der Waals surface area (Å²) in [4.78, 5) is 44.5. The van der Waals surface area contributed by atoms with Gasteiger partial charge in [-0.3, -0.25) is 19.3 Å². The van der Waals surface area contributed by atoms with Crippen LogP contribution in [0.25, 0.3) is 0 Å². The summed E-state index contributed by atoms with van der Waals surface area (Å²) in [6.45, 7) is 7.98. The van der Waals surface area contributed by atoms with Crippen molar-refractivity contribution in [1.29, 1.82) is 0 Å². The number of carbonyl (C=O) groups is 3. The molecule has 2 heterocycles. The molecule has 0 radical (unpaired) electrons. The van der Waals surface area contributed by atoms with Gasteiger partial charge in [0.15, 0.2) is 0 Å². The summed E-state index contributed by atoms with van der Waals surface area (Å²) >= 11 is 6.12. The van der Waals surface area contributed by atoms with Crippen LogP contribution in [0.1, 0.15) is 17.5 Å². The fourth-order valence-electron chi connectivity index (χ4n) is 4.67. The molecule has 3 amide bonds. The fraction of sp³-hybridized carbons (Fsp3) is 0.423. The molecule has 186 valence electrons. The highest BCUT2D eigenvalue weighted by Crippen LogP contribution is 2.21. The summed E-state index contributed by atoms with van der Waals surface area (Å²) in [5.41, 5.74) is 3.85. The second-order valence-electron chi connectivity index (χ2n) is 9.21. The number of nitrogens with zero attached hydrogens (tertiary/aromatic N) is 3. The van der Waals surface area contributed by atoms with Crippen LogP contribution < -0.4 is 15.5 Å². The predicted octanol–water partition coefficient (Wildman–Crippen LogP) is 2.43. The van der Waals surface area contributed by atoms with Crippen molar-refractivity contribution < 1.29 is 14.4 Å². The van der Waals surface area contributed by atoms with Gasteiger partial charge in [-0.25, -0.2) is 0 Å². The third-order valence-corrected chi connectivity index (χ3v) is 6.83. The van der Waals surface area contributed by atoms with E-state index in [-0.39, 0.29) is 30.7 Å². The molecule has 2 aliphatic heterocycles. The molecule has 0 spiro atoms. The van der Waals surface area contributed by atoms with E-state index in [1.165, 1.54) is 0 Å². The Kier molecular flexibility index (Phi) is 7.93. The van der Waals surface area contributed by atoms with Crippen molar-refractivity contribution in [1.82, 2.24) is 15.1 Å². The second kappa shape index (κ2) is 11.1. The summed E-state index contributed by atoms with van der Waals surface area (Å²) in [6, 6.07) is 12.7. The lowest BCUT2D eigenvalue weighted by molar-refractivity contribution is -0.145. The fourth-order valence-corrected chi connectivity index (χ4v) is 4.85. The number of amides is 3. The summed E-state index contributed by atoms with van der Waals surface area (Å²) in [6.07, 6.45) is -0.0760. The standard InChI is InChI=1S/C26H32ClN5O3/c1-18-6-7-22(19(2)14-18)29-24(33)16-23-26(35)28-8-9-32(23)25(34)17-30-10-12-31(13-11-30)21-5-3-4-20(27)15-21/h3-7,14-15,23H,8-13,16-17H2,1-2H3,(H,28,35)(H,29,33)/t23-/m0/s1. The van der Waals surface area contributed by atoms with Gasteiger partial charge in [0.1, 0.15) is 6.04 Å². The van der Waals surface area contributed by atoms with Gasteiger partial charge >= 0.3 is 0 Å². The summed E-state index contributed by atoms with van der Waals surface area (Å²) in [7, 11) is 0. The molecule has 8 nitrogen and oxygen atoms in total. The Morgan fingerprint density at radius 2 is 1.83 bits per heavy atom. The van der Waals surface area contributed by atoms with Crippen LogP contribution in [0.4, 0.5) is 11.4 Å². The number of piperazine rings is 2. The van der Waals surface area contributed by atoms with E-state index in [1.54, 1.807) is 4.90 Å². The number of carbonyl (C=O) groups excluding carboxylic acids is 3. The zero-order valence-electron chi connectivity index (χ0n) is 20.2. The molecule has 2 saturated heterocycles. The molecule has 2 N–H and O–H groups in total. The highest BCUT2D eigenvalue weighted by atomic mass is 35.5. The maximum absolute atomic E-state index is 13.2. The number of hydrogen-bond acceptors (Lipinski definition) is 5. The number of aryl methyl sites for hydroxylation is 2. The third kappa shape index (κ3) is 6.32. The normalized spacial score (nSPS) is 18.8. The van der Waals surface area contributed by atoms with E-state index in [2.05, 4.69) is 20.4 Å². The second-order valence-corrected chi connectivity index (χ2v) is 9.64. The van der Waals surface area contributed by atoms with Crippen LogP contribution in [0, 0.1) is 13.8 Å². The monoisotopic (exact) mass is 497 g/mol. The molecule has 0 bridgehead atoms. The van der Waals surface area contributed by atoms with Crippen LogP contribution in [0.3, 0.4) is 0 Å². The van der Waals surface area contributed by atoms with Gasteiger partial charge in [-0.05, 0) is 43.7 Å². The van der Waals surface area contributed by atoms with Gasteiger partial charge in [0.25, 0.3) is 0 Å². The van der Waals surface area contributed by atoms with Crippen molar-refractivity contribution in [2.75, 3.05) is 56.0 Å². The lowest BCUT2D eigenvalue weighted by Gasteiger charge is -2.39. The maximum atomic E-state index is 13.2. The molecule has 0 saturated carbocycles. The molecule has 2 fully saturated rings. The average molecular weight is 498 g/mol. The first kappa shape index (κ1) is 25.0. The van der Waals surface area contributed by atoms with Crippen LogP contribution in [0.15, 0.2) is 42.5 Å². The van der Waals surface area contributed by atoms with Crippen molar-refractivity contribution in [3.05, 3.63) is 58.6 Å². The quantitative estimate of drug-likeness (QED) is 0.640. The van der Waals surface area contributed by atoms with Crippen molar-refractivity contribution in [3.63, 3.8) is 0 Å². The van der Waals surface area contributed by atoms with Gasteiger partial charge in [0, 0.05) is 55.7 Å². The third-order valence-electron chi connectivity index (χ3n) is 6.59. The summed E-state index contributed by atoms with van der Waals surface area (Å²) in [5.74, 6) is -0.696. The van der Waals surface area contributed by atoms with E-state index in [4.69, 9.17) is 11.6 Å². The minimum atomic E-state index is -0.810. The zero-order chi connectivity index (χ0) is 24.9. The zero-order valence-corrected chi connectivity index (χ0v) is 21.0. The highest BCUT2D eigenvalue weighted by molar-refractivity contribution is 6.30. The Balaban J connectivity index is 1.33. The van der Waals surface area contributed by atoms with Gasteiger partial charge in [-0.2, -0.15) is 0 Å². The number of anilines is 2. The van der Waals surface area contributed by atoms with Crippen LogP contribution in [-0.4, -0.2) is 79.4 Å².